The maximum absolute atomic E-state index is 11.7. The molecule has 2 aromatic carbocycles. The zero-order chi connectivity index (χ0) is 24.5. The molecular formula is C28H32N4O3S. The molecule has 36 heavy (non-hydrogen) atoms. The highest BCUT2D eigenvalue weighted by atomic mass is 32.2. The number of hydrogen-bond acceptors (Lipinski definition) is 7. The van der Waals surface area contributed by atoms with Crippen LogP contribution in [0.5, 0.6) is 11.5 Å². The van der Waals surface area contributed by atoms with Gasteiger partial charge in [-0.15, -0.1) is 11.8 Å². The molecule has 1 aliphatic carbocycles. The van der Waals surface area contributed by atoms with Crippen molar-refractivity contribution in [3.8, 4) is 11.5 Å². The molecule has 6 rings (SSSR count). The van der Waals surface area contributed by atoms with E-state index in [9.17, 15) is 4.79 Å². The van der Waals surface area contributed by atoms with Crippen LogP contribution in [0.2, 0.25) is 0 Å². The first-order chi connectivity index (χ1) is 17.7. The quantitative estimate of drug-likeness (QED) is 0.498. The van der Waals surface area contributed by atoms with Crippen molar-refractivity contribution in [3.63, 3.8) is 0 Å². The van der Waals surface area contributed by atoms with Crippen LogP contribution in [0.25, 0.3) is 10.9 Å². The van der Waals surface area contributed by atoms with Crippen LogP contribution in [-0.4, -0.2) is 49.5 Å². The summed E-state index contributed by atoms with van der Waals surface area (Å²) in [6.45, 7) is 3.47. The number of pyridine rings is 1. The van der Waals surface area contributed by atoms with E-state index in [1.54, 1.807) is 18.9 Å². The second kappa shape index (κ2) is 10.2. The summed E-state index contributed by atoms with van der Waals surface area (Å²) in [5, 5.41) is 7.85. The number of amides is 1. The van der Waals surface area contributed by atoms with Crippen LogP contribution < -0.4 is 25.0 Å². The number of fused-ring (bicyclic) bond motifs is 4. The normalized spacial score (nSPS) is 21.4. The minimum atomic E-state index is 0.0854. The zero-order valence-electron chi connectivity index (χ0n) is 20.6. The SMILES string of the molecule is COc1ccc2ncc3c(c2c1)N(C[C@H]1CC[C@H](NCc2ccc4c(c2)NC(=O)CS4)CC1)CCO3. The number of rotatable bonds is 6. The molecule has 2 N–H and O–H groups in total. The summed E-state index contributed by atoms with van der Waals surface area (Å²) in [5.41, 5.74) is 4.30. The fourth-order valence-electron chi connectivity index (χ4n) is 5.62. The summed E-state index contributed by atoms with van der Waals surface area (Å²) < 4.78 is 11.5. The van der Waals surface area contributed by atoms with Gasteiger partial charge in [-0.1, -0.05) is 6.07 Å². The van der Waals surface area contributed by atoms with Crippen LogP contribution in [0.1, 0.15) is 31.2 Å². The molecule has 7 nitrogen and oxygen atoms in total. The maximum atomic E-state index is 11.7. The van der Waals surface area contributed by atoms with Crippen LogP contribution in [0, 0.1) is 5.92 Å². The van der Waals surface area contributed by atoms with Crippen molar-refractivity contribution in [2.24, 2.45) is 5.92 Å². The van der Waals surface area contributed by atoms with E-state index in [2.05, 4.69) is 44.8 Å². The van der Waals surface area contributed by atoms with E-state index in [-0.39, 0.29) is 5.91 Å². The molecule has 2 aliphatic heterocycles. The lowest BCUT2D eigenvalue weighted by molar-refractivity contribution is -0.113. The van der Waals surface area contributed by atoms with Crippen LogP contribution in [0.4, 0.5) is 11.4 Å². The molecule has 0 bridgehead atoms. The molecule has 1 fully saturated rings. The van der Waals surface area contributed by atoms with Gasteiger partial charge in [-0.25, -0.2) is 0 Å². The molecule has 0 spiro atoms. The molecule has 3 aliphatic rings. The van der Waals surface area contributed by atoms with Crippen molar-refractivity contribution in [2.75, 3.05) is 42.8 Å². The van der Waals surface area contributed by atoms with E-state index < -0.39 is 0 Å². The fourth-order valence-corrected chi connectivity index (χ4v) is 6.41. The Morgan fingerprint density at radius 3 is 2.94 bits per heavy atom. The molecule has 1 aromatic heterocycles. The van der Waals surface area contributed by atoms with Gasteiger partial charge < -0.3 is 25.0 Å². The summed E-state index contributed by atoms with van der Waals surface area (Å²) in [4.78, 5) is 20.0. The molecular weight excluding hydrogens is 472 g/mol. The number of methoxy groups -OCH3 is 1. The molecule has 0 radical (unpaired) electrons. The van der Waals surface area contributed by atoms with Crippen molar-refractivity contribution in [2.45, 2.75) is 43.2 Å². The fraction of sp³-hybridized carbons (Fsp3) is 0.429. The molecule has 3 aromatic rings. The number of nitrogens with zero attached hydrogens (tertiary/aromatic N) is 2. The van der Waals surface area contributed by atoms with Crippen LogP contribution in [0.3, 0.4) is 0 Å². The lowest BCUT2D eigenvalue weighted by Gasteiger charge is -2.37. The number of aromatic nitrogens is 1. The number of carbonyl (C=O) groups is 1. The number of hydrogen-bond donors (Lipinski definition) is 2. The summed E-state index contributed by atoms with van der Waals surface area (Å²) in [7, 11) is 1.70. The molecule has 0 saturated heterocycles. The molecule has 1 amide bonds. The summed E-state index contributed by atoms with van der Waals surface area (Å²) in [6.07, 6.45) is 6.66. The third kappa shape index (κ3) is 4.84. The van der Waals surface area contributed by atoms with Crippen molar-refractivity contribution in [1.29, 1.82) is 0 Å². The largest absolute Gasteiger partial charge is 0.497 e. The summed E-state index contributed by atoms with van der Waals surface area (Å²) >= 11 is 1.61. The van der Waals surface area contributed by atoms with Gasteiger partial charge in [0.1, 0.15) is 12.4 Å². The predicted molar refractivity (Wildman–Crippen MR) is 144 cm³/mol. The van der Waals surface area contributed by atoms with E-state index in [4.69, 9.17) is 9.47 Å². The Morgan fingerprint density at radius 2 is 2.08 bits per heavy atom. The minimum absolute atomic E-state index is 0.0854. The van der Waals surface area contributed by atoms with Crippen LogP contribution in [0.15, 0.2) is 47.5 Å². The average Bonchev–Trinajstić information content (AvgIpc) is 2.92. The van der Waals surface area contributed by atoms with Gasteiger partial charge >= 0.3 is 0 Å². The molecule has 3 heterocycles. The van der Waals surface area contributed by atoms with Gasteiger partial charge in [0, 0.05) is 29.4 Å². The van der Waals surface area contributed by atoms with Gasteiger partial charge in [-0.2, -0.15) is 0 Å². The second-order valence-corrected chi connectivity index (χ2v) is 10.9. The lowest BCUT2D eigenvalue weighted by atomic mass is 9.85. The average molecular weight is 505 g/mol. The molecule has 0 unspecified atom stereocenters. The topological polar surface area (TPSA) is 75.7 Å². The van der Waals surface area contributed by atoms with Crippen molar-refractivity contribution in [3.05, 3.63) is 48.2 Å². The number of thioether (sulfide) groups is 1. The van der Waals surface area contributed by atoms with E-state index >= 15 is 0 Å². The van der Waals surface area contributed by atoms with E-state index in [1.807, 2.05) is 18.3 Å². The Bertz CT molecular complexity index is 1270. The standard InChI is InChI=1S/C28H32N4O3S/c1-34-21-7-8-23-22(13-21)28-25(15-30-23)35-11-10-32(28)16-18-2-5-20(6-3-18)29-14-19-4-9-26-24(12-19)31-27(33)17-36-26/h4,7-9,12-13,15,18,20,29H,2-3,5-6,10-11,14,16-17H2,1H3,(H,31,33)/t18-,20-. The van der Waals surface area contributed by atoms with E-state index in [0.29, 0.717) is 24.3 Å². The Kier molecular flexibility index (Phi) is 6.63. The van der Waals surface area contributed by atoms with Gasteiger partial charge in [0.2, 0.25) is 5.91 Å². The Hall–Kier alpha value is -2.97. The predicted octanol–water partition coefficient (Wildman–Crippen LogP) is 4.84. The molecule has 0 atom stereocenters. The lowest BCUT2D eigenvalue weighted by Crippen LogP contribution is -2.40. The van der Waals surface area contributed by atoms with Gasteiger partial charge in [-0.3, -0.25) is 9.78 Å². The highest BCUT2D eigenvalue weighted by molar-refractivity contribution is 8.00. The first-order valence-electron chi connectivity index (χ1n) is 12.8. The minimum Gasteiger partial charge on any atom is -0.497 e. The van der Waals surface area contributed by atoms with Gasteiger partial charge in [0.05, 0.1) is 42.5 Å². The van der Waals surface area contributed by atoms with Crippen molar-refractivity contribution >= 4 is 39.9 Å². The third-order valence-corrected chi connectivity index (χ3v) is 8.62. The number of ether oxygens (including phenoxy) is 2. The number of nitrogens with one attached hydrogen (secondary N) is 2. The Balaban J connectivity index is 1.07. The van der Waals surface area contributed by atoms with Crippen molar-refractivity contribution in [1.82, 2.24) is 10.3 Å². The smallest absolute Gasteiger partial charge is 0.234 e. The van der Waals surface area contributed by atoms with Gasteiger partial charge in [0.25, 0.3) is 0 Å². The number of carbonyl (C=O) groups excluding carboxylic acids is 1. The zero-order valence-corrected chi connectivity index (χ0v) is 21.4. The van der Waals surface area contributed by atoms with Crippen LogP contribution in [-0.2, 0) is 11.3 Å². The van der Waals surface area contributed by atoms with Gasteiger partial charge in [0.15, 0.2) is 5.75 Å². The molecule has 188 valence electrons. The van der Waals surface area contributed by atoms with E-state index in [0.717, 1.165) is 58.3 Å². The molecule has 8 heteroatoms. The van der Waals surface area contributed by atoms with Gasteiger partial charge in [-0.05, 0) is 67.5 Å². The monoisotopic (exact) mass is 504 g/mol. The first kappa shape index (κ1) is 23.4. The third-order valence-electron chi connectivity index (χ3n) is 7.55. The Morgan fingerprint density at radius 1 is 1.19 bits per heavy atom. The molecule has 1 saturated carbocycles. The van der Waals surface area contributed by atoms with E-state index in [1.165, 1.54) is 31.2 Å². The highest BCUT2D eigenvalue weighted by Crippen LogP contribution is 2.40. The number of anilines is 2. The summed E-state index contributed by atoms with van der Waals surface area (Å²) in [5.74, 6) is 2.97. The number of benzene rings is 2. The van der Waals surface area contributed by atoms with Crippen molar-refractivity contribution < 1.29 is 14.3 Å². The Labute approximate surface area is 215 Å². The maximum Gasteiger partial charge on any atom is 0.234 e. The summed E-state index contributed by atoms with van der Waals surface area (Å²) in [6, 6.07) is 13.0. The highest BCUT2D eigenvalue weighted by Gasteiger charge is 2.27. The first-order valence-corrected chi connectivity index (χ1v) is 13.8. The van der Waals surface area contributed by atoms with Crippen LogP contribution >= 0.6 is 11.8 Å². The second-order valence-electron chi connectivity index (χ2n) is 9.91.